The van der Waals surface area contributed by atoms with E-state index in [1.807, 2.05) is 23.1 Å². The van der Waals surface area contributed by atoms with Crippen LogP contribution >= 0.6 is 0 Å². The summed E-state index contributed by atoms with van der Waals surface area (Å²) in [5, 5.41) is 0. The number of nitrogens with two attached hydrogens (primary N) is 1. The second-order valence-electron chi connectivity index (χ2n) is 4.90. The Morgan fingerprint density at radius 3 is 2.84 bits per heavy atom. The minimum Gasteiger partial charge on any atom is -0.490 e. The molecule has 19 heavy (non-hydrogen) atoms. The summed E-state index contributed by atoms with van der Waals surface area (Å²) in [5.41, 5.74) is 7.80. The number of Topliss-reactive ketones (excluding diaryl/α,β-unsaturated/α-hetero) is 2. The number of anilines is 1. The van der Waals surface area contributed by atoms with Gasteiger partial charge >= 0.3 is 0 Å². The highest BCUT2D eigenvalue weighted by molar-refractivity contribution is 6.49. The number of benzene rings is 1. The molecule has 0 aromatic heterocycles. The molecule has 1 saturated carbocycles. The van der Waals surface area contributed by atoms with Gasteiger partial charge in [-0.15, -0.1) is 0 Å². The molecular weight excluding hydrogens is 244 g/mol. The molecule has 100 valence electrons. The van der Waals surface area contributed by atoms with Gasteiger partial charge in [0.05, 0.1) is 18.3 Å². The molecule has 3 rings (SSSR count). The zero-order valence-electron chi connectivity index (χ0n) is 10.8. The van der Waals surface area contributed by atoms with E-state index in [0.717, 1.165) is 17.9 Å². The number of ketones is 2. The second kappa shape index (κ2) is 4.35. The highest BCUT2D eigenvalue weighted by Gasteiger charge is 2.51. The summed E-state index contributed by atoms with van der Waals surface area (Å²) in [6.07, 6.45) is 0.907. The summed E-state index contributed by atoms with van der Waals surface area (Å²) >= 11 is 0. The van der Waals surface area contributed by atoms with Crippen LogP contribution in [-0.2, 0) is 16.0 Å². The third kappa shape index (κ3) is 1.73. The van der Waals surface area contributed by atoms with E-state index in [2.05, 4.69) is 6.92 Å². The maximum Gasteiger partial charge on any atom is 0.224 e. The van der Waals surface area contributed by atoms with Crippen LogP contribution in [0.5, 0.6) is 5.75 Å². The van der Waals surface area contributed by atoms with E-state index >= 15 is 0 Å². The van der Waals surface area contributed by atoms with Crippen LogP contribution < -0.4 is 15.4 Å². The number of ether oxygens (including phenoxy) is 1. The summed E-state index contributed by atoms with van der Waals surface area (Å²) in [6.45, 7) is 3.15. The van der Waals surface area contributed by atoms with E-state index in [9.17, 15) is 9.59 Å². The van der Waals surface area contributed by atoms with Crippen molar-refractivity contribution in [1.29, 1.82) is 0 Å². The van der Waals surface area contributed by atoms with Crippen LogP contribution in [0.1, 0.15) is 12.5 Å². The maximum atomic E-state index is 11.7. The number of carbonyl (C=O) groups is 2. The van der Waals surface area contributed by atoms with E-state index in [4.69, 9.17) is 10.5 Å². The summed E-state index contributed by atoms with van der Waals surface area (Å²) in [4.78, 5) is 24.9. The van der Waals surface area contributed by atoms with E-state index in [1.54, 1.807) is 0 Å². The number of carbonyl (C=O) groups excluding carboxylic acids is 2. The first-order chi connectivity index (χ1) is 9.13. The Kier molecular flexibility index (Phi) is 2.78. The van der Waals surface area contributed by atoms with Crippen molar-refractivity contribution in [1.82, 2.24) is 0 Å². The Bertz CT molecular complexity index is 556. The largest absolute Gasteiger partial charge is 0.490 e. The fourth-order valence-corrected chi connectivity index (χ4v) is 2.65. The molecule has 1 heterocycles. The lowest BCUT2D eigenvalue weighted by atomic mass is 9.82. The first kappa shape index (κ1) is 12.2. The van der Waals surface area contributed by atoms with Crippen LogP contribution in [0.4, 0.5) is 5.69 Å². The standard InChI is InChI=1S/C14H16N2O3/c1-2-8-3-4-10-9(7-8)16(5-6-19-10)12-11(15)13(17)14(12)18/h3-4,7,11-12H,2,5-6,15H2,1H3/t11?,12-/m1/s1. The zero-order valence-corrected chi connectivity index (χ0v) is 10.8. The molecule has 2 N–H and O–H groups in total. The van der Waals surface area contributed by atoms with E-state index in [1.165, 1.54) is 5.56 Å². The fourth-order valence-electron chi connectivity index (χ4n) is 2.65. The molecule has 2 atom stereocenters. The smallest absolute Gasteiger partial charge is 0.224 e. The van der Waals surface area contributed by atoms with Crippen molar-refractivity contribution in [2.24, 2.45) is 5.73 Å². The van der Waals surface area contributed by atoms with Crippen LogP contribution in [0.15, 0.2) is 18.2 Å². The summed E-state index contributed by atoms with van der Waals surface area (Å²) in [6, 6.07) is 4.70. The molecule has 1 fully saturated rings. The number of nitrogens with zero attached hydrogens (tertiary/aromatic N) is 1. The molecular formula is C14H16N2O3. The van der Waals surface area contributed by atoms with Gasteiger partial charge in [0, 0.05) is 0 Å². The average molecular weight is 260 g/mol. The Labute approximate surface area is 111 Å². The number of fused-ring (bicyclic) bond motifs is 1. The lowest BCUT2D eigenvalue weighted by molar-refractivity contribution is -0.145. The van der Waals surface area contributed by atoms with Crippen LogP contribution in [0.25, 0.3) is 0 Å². The van der Waals surface area contributed by atoms with Gasteiger partial charge in [0.1, 0.15) is 18.4 Å². The third-order valence-corrected chi connectivity index (χ3v) is 3.82. The van der Waals surface area contributed by atoms with Gasteiger partial charge in [0.15, 0.2) is 0 Å². The lowest BCUT2D eigenvalue weighted by Gasteiger charge is -2.43. The van der Waals surface area contributed by atoms with Gasteiger partial charge in [-0.3, -0.25) is 9.59 Å². The minimum atomic E-state index is -0.705. The SMILES string of the molecule is CCc1ccc2c(c1)N([C@H]1C(=O)C(=O)C1N)CCO2. The van der Waals surface area contributed by atoms with Gasteiger partial charge in [0.25, 0.3) is 0 Å². The van der Waals surface area contributed by atoms with Crippen LogP contribution in [0, 0.1) is 0 Å². The summed E-state index contributed by atoms with van der Waals surface area (Å²) < 4.78 is 5.59. The van der Waals surface area contributed by atoms with Crippen molar-refractivity contribution < 1.29 is 14.3 Å². The highest BCUT2D eigenvalue weighted by Crippen LogP contribution is 2.36. The molecule has 5 nitrogen and oxygen atoms in total. The van der Waals surface area contributed by atoms with Gasteiger partial charge in [-0.2, -0.15) is 0 Å². The van der Waals surface area contributed by atoms with Crippen LogP contribution in [0.2, 0.25) is 0 Å². The van der Waals surface area contributed by atoms with E-state index < -0.39 is 17.9 Å². The lowest BCUT2D eigenvalue weighted by Crippen LogP contribution is -2.70. The molecule has 0 radical (unpaired) electrons. The first-order valence-electron chi connectivity index (χ1n) is 6.49. The normalized spacial score (nSPS) is 25.7. The Balaban J connectivity index is 1.98. The highest BCUT2D eigenvalue weighted by atomic mass is 16.5. The fraction of sp³-hybridized carbons (Fsp3) is 0.429. The van der Waals surface area contributed by atoms with Gasteiger partial charge in [-0.05, 0) is 24.1 Å². The number of rotatable bonds is 2. The first-order valence-corrected chi connectivity index (χ1v) is 6.49. The van der Waals surface area contributed by atoms with Crippen molar-refractivity contribution in [2.45, 2.75) is 25.4 Å². The van der Waals surface area contributed by atoms with Crippen molar-refractivity contribution in [3.8, 4) is 5.75 Å². The number of hydrogen-bond donors (Lipinski definition) is 1. The summed E-state index contributed by atoms with van der Waals surface area (Å²) in [7, 11) is 0. The van der Waals surface area contributed by atoms with Gasteiger partial charge in [-0.25, -0.2) is 0 Å². The summed E-state index contributed by atoms with van der Waals surface area (Å²) in [5.74, 6) is -0.102. The molecule has 0 saturated heterocycles. The quantitative estimate of drug-likeness (QED) is 0.774. The molecule has 0 amide bonds. The predicted octanol–water partition coefficient (Wildman–Crippen LogP) is 0.295. The topological polar surface area (TPSA) is 72.6 Å². The number of hydrogen-bond acceptors (Lipinski definition) is 5. The predicted molar refractivity (Wildman–Crippen MR) is 70.4 cm³/mol. The van der Waals surface area contributed by atoms with Crippen molar-refractivity contribution in [3.63, 3.8) is 0 Å². The molecule has 1 aliphatic heterocycles. The molecule has 1 aromatic rings. The van der Waals surface area contributed by atoms with Crippen molar-refractivity contribution in [2.75, 3.05) is 18.1 Å². The molecule has 0 bridgehead atoms. The van der Waals surface area contributed by atoms with Gasteiger partial charge in [-0.1, -0.05) is 13.0 Å². The van der Waals surface area contributed by atoms with Crippen molar-refractivity contribution in [3.05, 3.63) is 23.8 Å². The molecule has 5 heteroatoms. The molecule has 0 spiro atoms. The van der Waals surface area contributed by atoms with Crippen molar-refractivity contribution >= 4 is 17.3 Å². The zero-order chi connectivity index (χ0) is 13.6. The van der Waals surface area contributed by atoms with Gasteiger partial charge < -0.3 is 15.4 Å². The van der Waals surface area contributed by atoms with E-state index in [-0.39, 0.29) is 5.78 Å². The average Bonchev–Trinajstić information content (AvgIpc) is 2.46. The molecule has 2 aliphatic rings. The van der Waals surface area contributed by atoms with Crippen LogP contribution in [0.3, 0.4) is 0 Å². The second-order valence-corrected chi connectivity index (χ2v) is 4.90. The number of aryl methyl sites for hydroxylation is 1. The van der Waals surface area contributed by atoms with Gasteiger partial charge in [0.2, 0.25) is 11.6 Å². The van der Waals surface area contributed by atoms with Crippen LogP contribution in [-0.4, -0.2) is 36.8 Å². The molecule has 1 unspecified atom stereocenters. The maximum absolute atomic E-state index is 11.7. The van der Waals surface area contributed by atoms with E-state index in [0.29, 0.717) is 13.2 Å². The molecule has 1 aromatic carbocycles. The Hall–Kier alpha value is -1.88. The Morgan fingerprint density at radius 1 is 1.37 bits per heavy atom. The third-order valence-electron chi connectivity index (χ3n) is 3.82. The monoisotopic (exact) mass is 260 g/mol. The molecule has 1 aliphatic carbocycles. The Morgan fingerprint density at radius 2 is 2.16 bits per heavy atom. The minimum absolute atomic E-state index is 0.387.